The number of aliphatic hydroxyl groups is 1. The number of hydrogen-bond donors (Lipinski definition) is 4. The number of carbonyl (C=O) groups is 1. The highest BCUT2D eigenvalue weighted by atomic mass is 32.2. The zero-order chi connectivity index (χ0) is 29.4. The van der Waals surface area contributed by atoms with Crippen LogP contribution in [0.25, 0.3) is 0 Å². The lowest BCUT2D eigenvalue weighted by molar-refractivity contribution is -0.268. The number of aromatic amines is 1. The average molecular weight is 604 g/mol. The molecule has 4 bridgehead atoms. The van der Waals surface area contributed by atoms with Gasteiger partial charge in [0.05, 0.1) is 18.8 Å². The highest BCUT2D eigenvalue weighted by Gasteiger charge is 2.51. The van der Waals surface area contributed by atoms with E-state index in [2.05, 4.69) is 32.7 Å². The molecular formula is C33H41N5O4S. The molecule has 2 heterocycles. The van der Waals surface area contributed by atoms with Gasteiger partial charge < -0.3 is 25.2 Å². The van der Waals surface area contributed by atoms with Gasteiger partial charge in [0.25, 0.3) is 0 Å². The van der Waals surface area contributed by atoms with Crippen LogP contribution in [0.15, 0.2) is 60.0 Å². The Morgan fingerprint density at radius 3 is 2.26 bits per heavy atom. The smallest absolute Gasteiger partial charge is 0.315 e. The van der Waals surface area contributed by atoms with E-state index in [9.17, 15) is 9.90 Å². The first-order chi connectivity index (χ1) is 20.9. The van der Waals surface area contributed by atoms with Gasteiger partial charge in [0.15, 0.2) is 11.4 Å². The summed E-state index contributed by atoms with van der Waals surface area (Å²) in [5, 5.41) is 23.6. The van der Waals surface area contributed by atoms with Crippen LogP contribution in [-0.4, -0.2) is 43.7 Å². The van der Waals surface area contributed by atoms with Crippen molar-refractivity contribution in [2.75, 3.05) is 5.75 Å². The normalized spacial score (nSPS) is 32.9. The van der Waals surface area contributed by atoms with E-state index in [4.69, 9.17) is 9.47 Å². The quantitative estimate of drug-likeness (QED) is 0.233. The van der Waals surface area contributed by atoms with Crippen molar-refractivity contribution in [3.8, 4) is 0 Å². The molecule has 4 saturated carbocycles. The summed E-state index contributed by atoms with van der Waals surface area (Å²) in [6.07, 6.45) is 8.21. The molecule has 1 aromatic heterocycles. The van der Waals surface area contributed by atoms with E-state index in [0.717, 1.165) is 64.4 Å². The number of aliphatic hydroxyl groups excluding tert-OH is 1. The van der Waals surface area contributed by atoms with Crippen molar-refractivity contribution in [3.63, 3.8) is 0 Å². The fraction of sp³-hybridized carbons (Fsp3) is 0.545. The van der Waals surface area contributed by atoms with Gasteiger partial charge in [-0.2, -0.15) is 5.10 Å². The topological polar surface area (TPSA) is 121 Å². The van der Waals surface area contributed by atoms with Gasteiger partial charge in [-0.1, -0.05) is 67.2 Å². The van der Waals surface area contributed by atoms with Gasteiger partial charge in [-0.15, -0.1) is 0 Å². The monoisotopic (exact) mass is 603 g/mol. The summed E-state index contributed by atoms with van der Waals surface area (Å²) < 4.78 is 13.1. The highest BCUT2D eigenvalue weighted by Crippen LogP contribution is 2.55. The number of hydrogen-bond acceptors (Lipinski definition) is 7. The van der Waals surface area contributed by atoms with Crippen molar-refractivity contribution in [1.82, 2.24) is 25.8 Å². The van der Waals surface area contributed by atoms with E-state index in [1.807, 2.05) is 48.5 Å². The zero-order valence-electron chi connectivity index (χ0n) is 24.6. The molecule has 3 aromatic rings. The summed E-state index contributed by atoms with van der Waals surface area (Å²) in [7, 11) is 0. The first kappa shape index (κ1) is 28.8. The van der Waals surface area contributed by atoms with E-state index in [0.29, 0.717) is 12.3 Å². The molecule has 8 rings (SSSR count). The van der Waals surface area contributed by atoms with Gasteiger partial charge >= 0.3 is 6.03 Å². The number of aromatic nitrogens is 3. The van der Waals surface area contributed by atoms with E-state index >= 15 is 0 Å². The van der Waals surface area contributed by atoms with Gasteiger partial charge in [0, 0.05) is 29.3 Å². The minimum absolute atomic E-state index is 0.00667. The third-order valence-electron chi connectivity index (χ3n) is 10.0. The van der Waals surface area contributed by atoms with Gasteiger partial charge in [-0.3, -0.25) is 5.10 Å². The van der Waals surface area contributed by atoms with E-state index < -0.39 is 6.29 Å². The Morgan fingerprint density at radius 1 is 0.977 bits per heavy atom. The number of urea groups is 1. The lowest BCUT2D eigenvalue weighted by atomic mass is 9.53. The van der Waals surface area contributed by atoms with E-state index in [1.54, 1.807) is 11.8 Å². The van der Waals surface area contributed by atoms with Gasteiger partial charge in [0.1, 0.15) is 6.33 Å². The predicted octanol–water partition coefficient (Wildman–Crippen LogP) is 5.65. The number of nitrogens with zero attached hydrogens (tertiary/aromatic N) is 2. The van der Waals surface area contributed by atoms with Crippen LogP contribution in [0.2, 0.25) is 0 Å². The van der Waals surface area contributed by atoms with Gasteiger partial charge in [0.2, 0.25) is 0 Å². The Morgan fingerprint density at radius 2 is 1.63 bits per heavy atom. The van der Waals surface area contributed by atoms with Crippen molar-refractivity contribution in [1.29, 1.82) is 0 Å². The molecule has 10 heteroatoms. The summed E-state index contributed by atoms with van der Waals surface area (Å²) >= 11 is 1.58. The second kappa shape index (κ2) is 12.2. The van der Waals surface area contributed by atoms with Crippen LogP contribution >= 0.6 is 11.8 Å². The Kier molecular flexibility index (Phi) is 8.20. The Hall–Kier alpha value is -2.92. The first-order valence-corrected chi connectivity index (χ1v) is 16.6. The summed E-state index contributed by atoms with van der Waals surface area (Å²) in [6.45, 7) is 2.63. The van der Waals surface area contributed by atoms with Crippen molar-refractivity contribution >= 4 is 17.8 Å². The molecule has 1 aliphatic heterocycles. The van der Waals surface area contributed by atoms with Gasteiger partial charge in [-0.05, 0) is 73.0 Å². The number of ether oxygens (including phenoxy) is 2. The molecule has 4 unspecified atom stereocenters. The average Bonchev–Trinajstić information content (AvgIpc) is 3.53. The fourth-order valence-corrected chi connectivity index (χ4v) is 9.20. The van der Waals surface area contributed by atoms with E-state index in [1.165, 1.54) is 25.6 Å². The Labute approximate surface area is 256 Å². The fourth-order valence-electron chi connectivity index (χ4n) is 8.26. The number of H-pyrrole nitrogens is 1. The number of benzene rings is 2. The van der Waals surface area contributed by atoms with Crippen LogP contribution in [0.1, 0.15) is 80.1 Å². The molecule has 43 heavy (non-hydrogen) atoms. The SMILES string of the molecule is CC1C(CSc2ncn[nH]2)OC(c2ccc(CNC(=O)NC34CC5CC(CC(C5)C3)C4)cc2)OC1c1ccc(CO)cc1. The number of nitrogens with one attached hydrogen (secondary N) is 3. The van der Waals surface area contributed by atoms with Crippen LogP contribution < -0.4 is 10.6 Å². The summed E-state index contributed by atoms with van der Waals surface area (Å²) in [4.78, 5) is 17.2. The first-order valence-electron chi connectivity index (χ1n) is 15.6. The minimum Gasteiger partial charge on any atom is -0.392 e. The molecule has 2 aromatic carbocycles. The van der Waals surface area contributed by atoms with Crippen LogP contribution in [0.4, 0.5) is 4.79 Å². The van der Waals surface area contributed by atoms with Crippen molar-refractivity contribution in [3.05, 3.63) is 77.1 Å². The Bertz CT molecular complexity index is 1350. The summed E-state index contributed by atoms with van der Waals surface area (Å²) in [5.74, 6) is 3.17. The Balaban J connectivity index is 0.998. The molecule has 4 atom stereocenters. The number of rotatable bonds is 9. The van der Waals surface area contributed by atoms with Crippen LogP contribution in [0.3, 0.4) is 0 Å². The molecule has 9 nitrogen and oxygen atoms in total. The number of amides is 2. The molecular weight excluding hydrogens is 562 g/mol. The molecule has 228 valence electrons. The molecule has 4 N–H and O–H groups in total. The molecule has 4 aliphatic carbocycles. The second-order valence-electron chi connectivity index (χ2n) is 13.2. The van der Waals surface area contributed by atoms with Crippen LogP contribution in [-0.2, 0) is 22.6 Å². The minimum atomic E-state index is -0.541. The van der Waals surface area contributed by atoms with Crippen molar-refractivity contribution < 1.29 is 19.4 Å². The lowest BCUT2D eigenvalue weighted by Gasteiger charge is -2.56. The van der Waals surface area contributed by atoms with E-state index in [-0.39, 0.29) is 36.3 Å². The maximum absolute atomic E-state index is 13.0. The summed E-state index contributed by atoms with van der Waals surface area (Å²) in [6, 6.07) is 16.0. The third kappa shape index (κ3) is 6.34. The summed E-state index contributed by atoms with van der Waals surface area (Å²) in [5.41, 5.74) is 3.89. The van der Waals surface area contributed by atoms with Crippen molar-refractivity contribution in [2.45, 2.75) is 87.8 Å². The molecule has 5 aliphatic rings. The molecule has 0 spiro atoms. The van der Waals surface area contributed by atoms with Crippen LogP contribution in [0.5, 0.6) is 0 Å². The molecule has 0 radical (unpaired) electrons. The van der Waals surface area contributed by atoms with Crippen molar-refractivity contribution in [2.24, 2.45) is 23.7 Å². The standard InChI is InChI=1S/C33H41N5O4S/c1-20-28(18-43-32-35-19-36-38-32)41-30(42-29(20)26-6-4-22(17-39)5-7-26)27-8-2-21(3-9-27)16-34-31(40)37-33-13-23-10-24(14-33)12-25(11-23)15-33/h2-9,19-20,23-25,28-30,39H,10-18H2,1H3,(H2,34,37,40)(H,35,36,38). The maximum Gasteiger partial charge on any atom is 0.315 e. The lowest BCUT2D eigenvalue weighted by Crippen LogP contribution is -2.61. The third-order valence-corrected chi connectivity index (χ3v) is 11.0. The zero-order valence-corrected chi connectivity index (χ0v) is 25.4. The molecule has 1 saturated heterocycles. The second-order valence-corrected chi connectivity index (χ2v) is 14.2. The number of thioether (sulfide) groups is 1. The highest BCUT2D eigenvalue weighted by molar-refractivity contribution is 7.99. The molecule has 2 amide bonds. The van der Waals surface area contributed by atoms with Crippen LogP contribution in [0, 0.1) is 23.7 Å². The number of carbonyl (C=O) groups excluding carboxylic acids is 1. The maximum atomic E-state index is 13.0. The molecule has 5 fully saturated rings. The van der Waals surface area contributed by atoms with Gasteiger partial charge in [-0.25, -0.2) is 9.78 Å². The largest absolute Gasteiger partial charge is 0.392 e. The predicted molar refractivity (Wildman–Crippen MR) is 163 cm³/mol.